The van der Waals surface area contributed by atoms with Crippen molar-refractivity contribution in [3.63, 3.8) is 0 Å². The maximum absolute atomic E-state index is 13.5. The van der Waals surface area contributed by atoms with Gasteiger partial charge in [-0.05, 0) is 23.6 Å². The Morgan fingerprint density at radius 1 is 0.833 bits per heavy atom. The summed E-state index contributed by atoms with van der Waals surface area (Å²) in [5, 5.41) is 24.6. The van der Waals surface area contributed by atoms with Crippen molar-refractivity contribution in [2.75, 3.05) is 0 Å². The number of esters is 2. The van der Waals surface area contributed by atoms with E-state index < -0.39 is 35.3 Å². The molecular formula is C29H29NO6. The van der Waals surface area contributed by atoms with Gasteiger partial charge < -0.3 is 19.8 Å². The van der Waals surface area contributed by atoms with Crippen molar-refractivity contribution < 1.29 is 29.4 Å². The van der Waals surface area contributed by atoms with Crippen LogP contribution in [-0.2, 0) is 32.3 Å². The lowest BCUT2D eigenvalue weighted by Gasteiger charge is -2.44. The Labute approximate surface area is 210 Å². The number of oxime groups is 1. The molecule has 0 heterocycles. The summed E-state index contributed by atoms with van der Waals surface area (Å²) >= 11 is 0. The summed E-state index contributed by atoms with van der Waals surface area (Å²) in [5.41, 5.74) is 0.646. The van der Waals surface area contributed by atoms with Gasteiger partial charge in [-0.1, -0.05) is 96.2 Å². The minimum Gasteiger partial charge on any atom is -0.461 e. The number of rotatable bonds is 7. The van der Waals surface area contributed by atoms with E-state index in [4.69, 9.17) is 9.47 Å². The molecule has 0 aromatic heterocycles. The van der Waals surface area contributed by atoms with Crippen LogP contribution in [0.25, 0.3) is 0 Å². The van der Waals surface area contributed by atoms with Crippen LogP contribution >= 0.6 is 0 Å². The highest BCUT2D eigenvalue weighted by molar-refractivity contribution is 6.05. The zero-order valence-corrected chi connectivity index (χ0v) is 20.0. The predicted octanol–water partition coefficient (Wildman–Crippen LogP) is 4.47. The fourth-order valence-electron chi connectivity index (χ4n) is 4.85. The van der Waals surface area contributed by atoms with E-state index in [0.717, 1.165) is 11.1 Å². The van der Waals surface area contributed by atoms with Gasteiger partial charge in [-0.3, -0.25) is 9.59 Å². The summed E-state index contributed by atoms with van der Waals surface area (Å²) < 4.78 is 11.2. The molecule has 1 fully saturated rings. The van der Waals surface area contributed by atoms with Crippen molar-refractivity contribution in [3.8, 4) is 0 Å². The maximum Gasteiger partial charge on any atom is 0.315 e. The molecule has 4 unspecified atom stereocenters. The largest absolute Gasteiger partial charge is 0.461 e. The normalized spacial score (nSPS) is 24.7. The van der Waals surface area contributed by atoms with Crippen LogP contribution in [0.1, 0.15) is 36.0 Å². The van der Waals surface area contributed by atoms with E-state index in [0.29, 0.717) is 5.56 Å². The van der Waals surface area contributed by atoms with E-state index in [1.807, 2.05) is 66.7 Å². The zero-order chi connectivity index (χ0) is 25.5. The van der Waals surface area contributed by atoms with Crippen molar-refractivity contribution >= 4 is 17.7 Å². The first-order valence-electron chi connectivity index (χ1n) is 11.8. The second-order valence-electron chi connectivity index (χ2n) is 9.20. The first kappa shape index (κ1) is 25.1. The van der Waals surface area contributed by atoms with Crippen LogP contribution in [0.3, 0.4) is 0 Å². The molecule has 0 radical (unpaired) electrons. The Hall–Kier alpha value is -3.97. The van der Waals surface area contributed by atoms with Gasteiger partial charge in [-0.25, -0.2) is 0 Å². The van der Waals surface area contributed by atoms with Gasteiger partial charge in [0.2, 0.25) is 0 Å². The molecule has 4 rings (SSSR count). The van der Waals surface area contributed by atoms with Crippen molar-refractivity contribution in [3.05, 3.63) is 108 Å². The van der Waals surface area contributed by atoms with E-state index in [1.54, 1.807) is 24.3 Å². The van der Waals surface area contributed by atoms with Crippen LogP contribution in [-0.4, -0.2) is 33.6 Å². The Morgan fingerprint density at radius 2 is 1.31 bits per heavy atom. The van der Waals surface area contributed by atoms with E-state index in [1.165, 1.54) is 6.92 Å². The van der Waals surface area contributed by atoms with Crippen molar-refractivity contribution in [2.45, 2.75) is 38.1 Å². The molecule has 7 nitrogen and oxygen atoms in total. The van der Waals surface area contributed by atoms with Crippen LogP contribution in [0, 0.1) is 11.8 Å². The third-order valence-corrected chi connectivity index (χ3v) is 6.55. The third kappa shape index (κ3) is 5.63. The van der Waals surface area contributed by atoms with Gasteiger partial charge in [0.25, 0.3) is 0 Å². The quantitative estimate of drug-likeness (QED) is 0.289. The number of hydrogen-bond donors (Lipinski definition) is 2. The Morgan fingerprint density at radius 3 is 1.81 bits per heavy atom. The lowest BCUT2D eigenvalue weighted by atomic mass is 9.61. The van der Waals surface area contributed by atoms with Gasteiger partial charge >= 0.3 is 11.9 Å². The molecule has 0 bridgehead atoms. The van der Waals surface area contributed by atoms with Gasteiger partial charge in [-0.2, -0.15) is 0 Å². The number of carbonyl (C=O) groups excluding carboxylic acids is 2. The summed E-state index contributed by atoms with van der Waals surface area (Å²) in [5.74, 6) is -4.35. The first-order valence-corrected chi connectivity index (χ1v) is 11.8. The second-order valence-corrected chi connectivity index (χ2v) is 9.20. The molecule has 1 saturated carbocycles. The molecule has 0 amide bonds. The third-order valence-electron chi connectivity index (χ3n) is 6.55. The fourth-order valence-corrected chi connectivity index (χ4v) is 4.85. The summed E-state index contributed by atoms with van der Waals surface area (Å²) in [4.78, 5) is 26.9. The van der Waals surface area contributed by atoms with Crippen molar-refractivity contribution in [2.24, 2.45) is 17.0 Å². The average molecular weight is 488 g/mol. The number of aliphatic hydroxyl groups is 1. The van der Waals surface area contributed by atoms with Crippen LogP contribution in [0.5, 0.6) is 0 Å². The Balaban J connectivity index is 1.67. The monoisotopic (exact) mass is 487 g/mol. The molecule has 7 heteroatoms. The lowest BCUT2D eigenvalue weighted by Crippen LogP contribution is -2.55. The fraction of sp³-hybridized carbons (Fsp3) is 0.276. The minimum absolute atomic E-state index is 0.0237. The van der Waals surface area contributed by atoms with Gasteiger partial charge in [0.15, 0.2) is 0 Å². The molecule has 0 spiro atoms. The highest BCUT2D eigenvalue weighted by Gasteiger charge is 2.56. The van der Waals surface area contributed by atoms with Gasteiger partial charge in [-0.15, -0.1) is 0 Å². The smallest absolute Gasteiger partial charge is 0.315 e. The summed E-state index contributed by atoms with van der Waals surface area (Å²) in [7, 11) is 0. The summed E-state index contributed by atoms with van der Waals surface area (Å²) in [6.07, 6.45) is -0.191. The number of carbonyl (C=O) groups is 2. The predicted molar refractivity (Wildman–Crippen MR) is 133 cm³/mol. The van der Waals surface area contributed by atoms with Crippen molar-refractivity contribution in [1.29, 1.82) is 0 Å². The standard InChI is InChI=1S/C29H29NO6/c1-29(33)17-23(30-34)25(27(31)35-18-20-11-5-2-6-12-20)24(22-15-9-4-10-16-22)26(29)28(32)36-19-21-13-7-3-8-14-21/h2-16,24-26,33-34H,17-19H2,1H3/b30-23-. The van der Waals surface area contributed by atoms with E-state index in [-0.39, 0.29) is 25.3 Å². The molecule has 3 aromatic carbocycles. The molecule has 1 aliphatic carbocycles. The van der Waals surface area contributed by atoms with Gasteiger partial charge in [0, 0.05) is 12.3 Å². The van der Waals surface area contributed by atoms with E-state index in [2.05, 4.69) is 5.16 Å². The van der Waals surface area contributed by atoms with E-state index in [9.17, 15) is 19.9 Å². The highest BCUT2D eigenvalue weighted by atomic mass is 16.5. The maximum atomic E-state index is 13.5. The number of hydrogen-bond acceptors (Lipinski definition) is 7. The molecule has 3 aromatic rings. The summed E-state index contributed by atoms with van der Waals surface area (Å²) in [6.45, 7) is 1.54. The summed E-state index contributed by atoms with van der Waals surface area (Å²) in [6, 6.07) is 27.4. The number of ether oxygens (including phenoxy) is 2. The van der Waals surface area contributed by atoms with Gasteiger partial charge in [0.05, 0.1) is 17.2 Å². The molecule has 36 heavy (non-hydrogen) atoms. The van der Waals surface area contributed by atoms with Crippen molar-refractivity contribution in [1.82, 2.24) is 0 Å². The minimum atomic E-state index is -1.63. The molecule has 1 aliphatic rings. The SMILES string of the molecule is CC1(O)C/C(=N/O)C(C(=O)OCc2ccccc2)C(c2ccccc2)C1C(=O)OCc1ccccc1. The van der Waals surface area contributed by atoms with Crippen LogP contribution in [0.15, 0.2) is 96.2 Å². The first-order chi connectivity index (χ1) is 17.4. The molecule has 186 valence electrons. The number of nitrogens with zero attached hydrogens (tertiary/aromatic N) is 1. The Bertz CT molecular complexity index is 1190. The Kier molecular flexibility index (Phi) is 7.80. The molecule has 4 atom stereocenters. The molecule has 2 N–H and O–H groups in total. The number of benzene rings is 3. The molecular weight excluding hydrogens is 458 g/mol. The van der Waals surface area contributed by atoms with Crippen LogP contribution in [0.2, 0.25) is 0 Å². The van der Waals surface area contributed by atoms with Crippen LogP contribution in [0.4, 0.5) is 0 Å². The topological polar surface area (TPSA) is 105 Å². The second kappa shape index (κ2) is 11.2. The zero-order valence-electron chi connectivity index (χ0n) is 20.0. The van der Waals surface area contributed by atoms with E-state index >= 15 is 0 Å². The van der Waals surface area contributed by atoms with Crippen LogP contribution < -0.4 is 0 Å². The molecule has 0 aliphatic heterocycles. The average Bonchev–Trinajstić information content (AvgIpc) is 2.91. The molecule has 0 saturated heterocycles. The van der Waals surface area contributed by atoms with Gasteiger partial charge in [0.1, 0.15) is 19.1 Å². The lowest BCUT2D eigenvalue weighted by molar-refractivity contribution is -0.165. The highest BCUT2D eigenvalue weighted by Crippen LogP contribution is 2.47.